The summed E-state index contributed by atoms with van der Waals surface area (Å²) in [6.07, 6.45) is 4.89. The lowest BCUT2D eigenvalue weighted by atomic mass is 10.1. The minimum absolute atomic E-state index is 0.194. The Balaban J connectivity index is 1.29. The number of rotatable bonds is 9. The van der Waals surface area contributed by atoms with Gasteiger partial charge >= 0.3 is 10.3 Å². The van der Waals surface area contributed by atoms with Gasteiger partial charge in [-0.25, -0.2) is 15.1 Å². The van der Waals surface area contributed by atoms with Crippen molar-refractivity contribution in [1.82, 2.24) is 14.5 Å². The number of thiophene rings is 1. The van der Waals surface area contributed by atoms with Gasteiger partial charge in [0.2, 0.25) is 5.78 Å². The van der Waals surface area contributed by atoms with Gasteiger partial charge < -0.3 is 15.0 Å². The van der Waals surface area contributed by atoms with Crippen LogP contribution in [0.15, 0.2) is 54.4 Å². The largest absolute Gasteiger partial charge is 0.393 e. The van der Waals surface area contributed by atoms with Crippen molar-refractivity contribution >= 4 is 44.1 Å². The second-order valence-electron chi connectivity index (χ2n) is 9.36. The molecule has 1 aliphatic carbocycles. The first-order chi connectivity index (χ1) is 17.7. The number of carbonyl (C=O) groups is 1. The van der Waals surface area contributed by atoms with E-state index in [2.05, 4.69) is 55.2 Å². The summed E-state index contributed by atoms with van der Waals surface area (Å²) in [5, 5.41) is 21.6. The quantitative estimate of drug-likeness (QED) is 0.274. The fraction of sp³-hybridized carbons (Fsp3) is 0.320. The van der Waals surface area contributed by atoms with E-state index in [0.29, 0.717) is 35.6 Å². The van der Waals surface area contributed by atoms with Crippen LogP contribution < -0.4 is 10.5 Å². The number of aliphatic hydroxyl groups is 1. The third-order valence-corrected chi connectivity index (χ3v) is 8.00. The van der Waals surface area contributed by atoms with Gasteiger partial charge in [0.05, 0.1) is 23.2 Å². The van der Waals surface area contributed by atoms with Gasteiger partial charge in [-0.05, 0) is 59.9 Å². The number of benzene rings is 1. The number of aryl methyl sites for hydroxylation is 1. The van der Waals surface area contributed by atoms with Crippen LogP contribution in [0.2, 0.25) is 0 Å². The molecule has 37 heavy (non-hydrogen) atoms. The van der Waals surface area contributed by atoms with Crippen LogP contribution in [0.5, 0.6) is 0 Å². The average molecular weight is 542 g/mol. The van der Waals surface area contributed by atoms with Crippen molar-refractivity contribution in [3.63, 3.8) is 0 Å². The van der Waals surface area contributed by atoms with Crippen LogP contribution in [0.25, 0.3) is 10.9 Å². The molecular formula is C25H27N5O5S2. The second kappa shape index (κ2) is 10.3. The molecule has 3 aromatic heterocycles. The molecule has 0 aliphatic heterocycles. The number of nitrogens with zero attached hydrogens (tertiary/aromatic N) is 3. The zero-order chi connectivity index (χ0) is 26.2. The lowest BCUT2D eigenvalue weighted by Crippen LogP contribution is -2.24. The van der Waals surface area contributed by atoms with Crippen molar-refractivity contribution in [1.29, 1.82) is 0 Å². The van der Waals surface area contributed by atoms with Gasteiger partial charge in [0, 0.05) is 36.4 Å². The molecule has 0 spiro atoms. The van der Waals surface area contributed by atoms with E-state index in [1.807, 2.05) is 17.6 Å². The van der Waals surface area contributed by atoms with E-state index in [9.17, 15) is 18.3 Å². The molecule has 4 N–H and O–H groups in total. The molecular weight excluding hydrogens is 514 g/mol. The van der Waals surface area contributed by atoms with Crippen molar-refractivity contribution < 1.29 is 22.5 Å². The molecule has 194 valence electrons. The summed E-state index contributed by atoms with van der Waals surface area (Å²) in [7, 11) is -4.08. The Hall–Kier alpha value is -3.16. The monoisotopic (exact) mass is 541 g/mol. The Morgan fingerprint density at radius 3 is 2.95 bits per heavy atom. The third-order valence-electron chi connectivity index (χ3n) is 6.56. The van der Waals surface area contributed by atoms with Gasteiger partial charge in [0.25, 0.3) is 0 Å². The van der Waals surface area contributed by atoms with E-state index < -0.39 is 22.3 Å². The Bertz CT molecular complexity index is 1550. The zero-order valence-electron chi connectivity index (χ0n) is 20.1. The van der Waals surface area contributed by atoms with Crippen molar-refractivity contribution in [3.8, 4) is 0 Å². The minimum Gasteiger partial charge on any atom is -0.393 e. The number of hydrogen-bond donors (Lipinski definition) is 3. The van der Waals surface area contributed by atoms with Crippen LogP contribution in [-0.2, 0) is 21.0 Å². The molecule has 3 atom stereocenters. The summed E-state index contributed by atoms with van der Waals surface area (Å²) in [6, 6.07) is 10.1. The summed E-state index contributed by atoms with van der Waals surface area (Å²) in [5.41, 5.74) is 3.69. The highest BCUT2D eigenvalue weighted by molar-refractivity contribution is 7.84. The summed E-state index contributed by atoms with van der Waals surface area (Å²) < 4.78 is 29.0. The molecule has 4 aromatic rings. The first-order valence-corrected chi connectivity index (χ1v) is 14.1. The first kappa shape index (κ1) is 25.5. The van der Waals surface area contributed by atoms with Crippen molar-refractivity contribution in [2.24, 2.45) is 11.1 Å². The molecule has 12 heteroatoms. The highest BCUT2D eigenvalue weighted by atomic mass is 32.2. The first-order valence-electron chi connectivity index (χ1n) is 11.8. The summed E-state index contributed by atoms with van der Waals surface area (Å²) in [6.45, 7) is 2.51. The highest BCUT2D eigenvalue weighted by Gasteiger charge is 2.34. The Morgan fingerprint density at radius 2 is 2.14 bits per heavy atom. The summed E-state index contributed by atoms with van der Waals surface area (Å²) in [5.74, 6) is -0.238. The Labute approximate surface area is 218 Å². The number of aromatic nitrogens is 3. The summed E-state index contributed by atoms with van der Waals surface area (Å²) >= 11 is 1.37. The topological polar surface area (TPSA) is 149 Å². The number of nitrogens with two attached hydrogens (primary N) is 1. The number of fused-ring (bicyclic) bond motifs is 1. The molecule has 5 rings (SSSR count). The maximum absolute atomic E-state index is 13.4. The smallest absolute Gasteiger partial charge is 0.333 e. The number of hydrogen-bond acceptors (Lipinski definition) is 9. The third kappa shape index (κ3) is 5.89. The highest BCUT2D eigenvalue weighted by Crippen LogP contribution is 2.30. The molecule has 1 aromatic carbocycles. The molecule has 0 radical (unpaired) electrons. The zero-order valence-corrected chi connectivity index (χ0v) is 21.7. The fourth-order valence-electron chi connectivity index (χ4n) is 4.72. The van der Waals surface area contributed by atoms with E-state index >= 15 is 0 Å². The lowest BCUT2D eigenvalue weighted by Gasteiger charge is -2.15. The molecule has 1 saturated carbocycles. The summed E-state index contributed by atoms with van der Waals surface area (Å²) in [4.78, 5) is 22.3. The maximum atomic E-state index is 13.4. The molecule has 0 amide bonds. The number of carbonyl (C=O) groups excluding carboxylic acids is 1. The molecule has 0 bridgehead atoms. The van der Waals surface area contributed by atoms with Crippen molar-refractivity contribution in [3.05, 3.63) is 76.0 Å². The van der Waals surface area contributed by atoms with Crippen LogP contribution in [0.4, 0.5) is 5.82 Å². The van der Waals surface area contributed by atoms with E-state index in [4.69, 9.17) is 5.14 Å². The Kier molecular flexibility index (Phi) is 7.10. The molecule has 0 unspecified atom stereocenters. The molecule has 0 saturated heterocycles. The molecule has 1 fully saturated rings. The number of aliphatic hydroxyl groups excluding tert-OH is 1. The van der Waals surface area contributed by atoms with Crippen LogP contribution in [0.3, 0.4) is 0 Å². The average Bonchev–Trinajstić information content (AvgIpc) is 3.57. The van der Waals surface area contributed by atoms with Gasteiger partial charge in [0.15, 0.2) is 0 Å². The second-order valence-corrected chi connectivity index (χ2v) is 11.5. The van der Waals surface area contributed by atoms with Crippen LogP contribution in [-0.4, -0.2) is 52.6 Å². The molecule has 3 heterocycles. The van der Waals surface area contributed by atoms with E-state index in [0.717, 1.165) is 11.1 Å². The fourth-order valence-corrected chi connectivity index (χ4v) is 5.95. The standard InChI is InChI=1S/C25H27N5O5S2/c1-15-2-3-17-4-5-30(21(17)6-15)11-16-7-23(36-13-16)24(32)20-10-27-14-28-25(20)29-19-8-18(22(31)9-19)12-35-37(26,33)34/h2-7,10,13-14,18-19,22,31H,8-9,11-12H2,1H3,(H2,26,33,34)(H,27,28,29)/t18-,19-,22+/m1/s1. The van der Waals surface area contributed by atoms with Gasteiger partial charge in [-0.2, -0.15) is 8.42 Å². The van der Waals surface area contributed by atoms with Gasteiger partial charge in [-0.1, -0.05) is 12.1 Å². The van der Waals surface area contributed by atoms with Crippen molar-refractivity contribution in [2.45, 2.75) is 38.5 Å². The normalized spacial score (nSPS) is 19.9. The van der Waals surface area contributed by atoms with Gasteiger partial charge in [-0.3, -0.25) is 8.98 Å². The number of anilines is 1. The van der Waals surface area contributed by atoms with Gasteiger partial charge in [0.1, 0.15) is 12.1 Å². The lowest BCUT2D eigenvalue weighted by molar-refractivity contribution is 0.101. The van der Waals surface area contributed by atoms with E-state index in [1.54, 1.807) is 0 Å². The van der Waals surface area contributed by atoms with Gasteiger partial charge in [-0.15, -0.1) is 11.3 Å². The van der Waals surface area contributed by atoms with Crippen molar-refractivity contribution in [2.75, 3.05) is 11.9 Å². The van der Waals surface area contributed by atoms with E-state index in [1.165, 1.54) is 34.8 Å². The number of nitrogens with one attached hydrogen (secondary N) is 1. The maximum Gasteiger partial charge on any atom is 0.333 e. The molecule has 10 nitrogen and oxygen atoms in total. The Morgan fingerprint density at radius 1 is 1.30 bits per heavy atom. The minimum atomic E-state index is -4.08. The SMILES string of the molecule is Cc1ccc2ccn(Cc3csc(C(=O)c4cncnc4N[C@@H]4C[C@H](COS(N)(=O)=O)[C@@H](O)C4)c3)c2c1. The predicted octanol–water partition coefficient (Wildman–Crippen LogP) is 2.85. The predicted molar refractivity (Wildman–Crippen MR) is 141 cm³/mol. The van der Waals surface area contributed by atoms with E-state index in [-0.39, 0.29) is 18.4 Å². The number of ketones is 1. The molecule has 1 aliphatic rings. The van der Waals surface area contributed by atoms with Crippen LogP contribution in [0, 0.1) is 12.8 Å². The van der Waals surface area contributed by atoms with Crippen LogP contribution in [0.1, 0.15) is 39.2 Å². The van der Waals surface area contributed by atoms with Crippen LogP contribution >= 0.6 is 11.3 Å².